The van der Waals surface area contributed by atoms with E-state index in [9.17, 15) is 14.7 Å². The summed E-state index contributed by atoms with van der Waals surface area (Å²) in [4.78, 5) is 23.4. The van der Waals surface area contributed by atoms with Crippen LogP contribution in [-0.4, -0.2) is 23.0 Å². The Labute approximate surface area is 118 Å². The Hall–Kier alpha value is -1.84. The zero-order valence-corrected chi connectivity index (χ0v) is 11.3. The molecule has 0 saturated heterocycles. The number of benzene rings is 1. The molecule has 3 rings (SSSR count). The molecular weight excluding hydrogens is 254 g/mol. The topological polar surface area (TPSA) is 66.4 Å². The Morgan fingerprint density at radius 3 is 2.45 bits per heavy atom. The highest BCUT2D eigenvalue weighted by Gasteiger charge is 2.57. The van der Waals surface area contributed by atoms with Gasteiger partial charge < -0.3 is 10.4 Å². The van der Waals surface area contributed by atoms with Crippen molar-refractivity contribution in [2.45, 2.75) is 44.1 Å². The van der Waals surface area contributed by atoms with Crippen LogP contribution < -0.4 is 5.32 Å². The smallest absolute Gasteiger partial charge is 0.319 e. The number of hydrogen-bond acceptors (Lipinski definition) is 2. The second-order valence-corrected chi connectivity index (χ2v) is 5.92. The van der Waals surface area contributed by atoms with Crippen molar-refractivity contribution in [1.29, 1.82) is 0 Å². The van der Waals surface area contributed by atoms with E-state index in [1.54, 1.807) is 0 Å². The minimum atomic E-state index is -1.14. The Morgan fingerprint density at radius 2 is 1.85 bits per heavy atom. The number of rotatable bonds is 4. The first-order chi connectivity index (χ1) is 9.63. The highest BCUT2D eigenvalue weighted by atomic mass is 16.4. The molecule has 0 radical (unpaired) electrons. The molecule has 2 N–H and O–H groups in total. The van der Waals surface area contributed by atoms with Gasteiger partial charge in [0.25, 0.3) is 0 Å². The predicted octanol–water partition coefficient (Wildman–Crippen LogP) is 2.30. The fourth-order valence-corrected chi connectivity index (χ4v) is 3.20. The van der Waals surface area contributed by atoms with Crippen LogP contribution >= 0.6 is 0 Å². The molecule has 1 aromatic rings. The van der Waals surface area contributed by atoms with Gasteiger partial charge in [-0.2, -0.15) is 0 Å². The van der Waals surface area contributed by atoms with Gasteiger partial charge in [0.15, 0.2) is 0 Å². The van der Waals surface area contributed by atoms with Crippen molar-refractivity contribution in [3.05, 3.63) is 35.9 Å². The fourth-order valence-electron chi connectivity index (χ4n) is 3.20. The van der Waals surface area contributed by atoms with Crippen molar-refractivity contribution in [2.24, 2.45) is 5.41 Å². The lowest BCUT2D eigenvalue weighted by Crippen LogP contribution is -2.43. The quantitative estimate of drug-likeness (QED) is 0.827. The van der Waals surface area contributed by atoms with Crippen LogP contribution in [0.3, 0.4) is 0 Å². The molecule has 0 heterocycles. The summed E-state index contributed by atoms with van der Waals surface area (Å²) in [6.07, 6.45) is 3.99. The molecule has 0 unspecified atom stereocenters. The first-order valence-electron chi connectivity index (χ1n) is 7.23. The molecule has 0 spiro atoms. The van der Waals surface area contributed by atoms with Crippen LogP contribution in [0.4, 0.5) is 0 Å². The molecule has 2 saturated carbocycles. The maximum atomic E-state index is 12.2. The van der Waals surface area contributed by atoms with E-state index < -0.39 is 11.4 Å². The number of carboxylic acid groups (broad SMARTS) is 1. The van der Waals surface area contributed by atoms with Crippen LogP contribution in [0.15, 0.2) is 30.3 Å². The van der Waals surface area contributed by atoms with Crippen molar-refractivity contribution in [1.82, 2.24) is 5.32 Å². The van der Waals surface area contributed by atoms with Crippen LogP contribution in [0, 0.1) is 5.41 Å². The molecule has 2 atom stereocenters. The zero-order valence-electron chi connectivity index (χ0n) is 11.3. The highest BCUT2D eigenvalue weighted by molar-refractivity contribution is 6.04. The third-order valence-electron chi connectivity index (χ3n) is 4.65. The van der Waals surface area contributed by atoms with E-state index in [1.165, 1.54) is 5.56 Å². The number of carbonyl (C=O) groups is 2. The van der Waals surface area contributed by atoms with Gasteiger partial charge in [0, 0.05) is 12.0 Å². The summed E-state index contributed by atoms with van der Waals surface area (Å²) < 4.78 is 0. The molecule has 2 fully saturated rings. The maximum Gasteiger partial charge on any atom is 0.319 e. The van der Waals surface area contributed by atoms with Crippen LogP contribution in [-0.2, 0) is 9.59 Å². The van der Waals surface area contributed by atoms with Crippen molar-refractivity contribution in [3.63, 3.8) is 0 Å². The third kappa shape index (κ3) is 2.19. The van der Waals surface area contributed by atoms with Gasteiger partial charge in [-0.1, -0.05) is 36.8 Å². The number of nitrogens with one attached hydrogen (secondary N) is 1. The third-order valence-corrected chi connectivity index (χ3v) is 4.65. The first-order valence-corrected chi connectivity index (χ1v) is 7.23. The van der Waals surface area contributed by atoms with Gasteiger partial charge in [-0.15, -0.1) is 0 Å². The number of carboxylic acids is 1. The molecule has 1 aromatic carbocycles. The summed E-state index contributed by atoms with van der Waals surface area (Å²) in [5, 5.41) is 12.2. The SMILES string of the molecule is O=C(O)C1(C(=O)N[C@@H]2CCC[C@H]2c2ccccc2)CC1. The van der Waals surface area contributed by atoms with Gasteiger partial charge in [0.05, 0.1) is 0 Å². The molecule has 0 aromatic heterocycles. The summed E-state index contributed by atoms with van der Waals surface area (Å²) in [6, 6.07) is 10.2. The number of amides is 1. The van der Waals surface area contributed by atoms with Gasteiger partial charge in [-0.25, -0.2) is 0 Å². The van der Waals surface area contributed by atoms with Gasteiger partial charge >= 0.3 is 5.97 Å². The predicted molar refractivity (Wildman–Crippen MR) is 74.3 cm³/mol. The molecule has 20 heavy (non-hydrogen) atoms. The Morgan fingerprint density at radius 1 is 1.15 bits per heavy atom. The lowest BCUT2D eigenvalue weighted by atomic mass is 9.93. The lowest BCUT2D eigenvalue weighted by Gasteiger charge is -2.23. The molecule has 106 valence electrons. The summed E-state index contributed by atoms with van der Waals surface area (Å²) >= 11 is 0. The minimum absolute atomic E-state index is 0.0710. The minimum Gasteiger partial charge on any atom is -0.480 e. The molecule has 1 amide bonds. The molecule has 2 aliphatic carbocycles. The van der Waals surface area contributed by atoms with Crippen LogP contribution in [0.5, 0.6) is 0 Å². The summed E-state index contributed by atoms with van der Waals surface area (Å²) in [7, 11) is 0. The fraction of sp³-hybridized carbons (Fsp3) is 0.500. The Kier molecular flexibility index (Phi) is 3.24. The number of aliphatic carboxylic acids is 1. The van der Waals surface area contributed by atoms with Gasteiger partial charge in [-0.05, 0) is 31.2 Å². The molecule has 0 aliphatic heterocycles. The average Bonchev–Trinajstić information content (AvgIpc) is 3.15. The zero-order chi connectivity index (χ0) is 14.2. The highest BCUT2D eigenvalue weighted by Crippen LogP contribution is 2.47. The van der Waals surface area contributed by atoms with E-state index in [4.69, 9.17) is 0 Å². The van der Waals surface area contributed by atoms with Crippen molar-refractivity contribution in [2.75, 3.05) is 0 Å². The molecule has 0 bridgehead atoms. The van der Waals surface area contributed by atoms with E-state index in [-0.39, 0.29) is 11.9 Å². The lowest BCUT2D eigenvalue weighted by molar-refractivity contribution is -0.149. The second kappa shape index (κ2) is 4.93. The molecule has 4 heteroatoms. The first kappa shape index (κ1) is 13.2. The Bertz CT molecular complexity index is 522. The molecule has 4 nitrogen and oxygen atoms in total. The van der Waals surface area contributed by atoms with Crippen LogP contribution in [0.25, 0.3) is 0 Å². The van der Waals surface area contributed by atoms with Crippen molar-refractivity contribution >= 4 is 11.9 Å². The second-order valence-electron chi connectivity index (χ2n) is 5.92. The van der Waals surface area contributed by atoms with Crippen LogP contribution in [0.1, 0.15) is 43.6 Å². The summed E-state index contributed by atoms with van der Waals surface area (Å²) in [5.74, 6) is -0.966. The average molecular weight is 273 g/mol. The maximum absolute atomic E-state index is 12.2. The van der Waals surface area contributed by atoms with Crippen LogP contribution in [0.2, 0.25) is 0 Å². The van der Waals surface area contributed by atoms with E-state index in [2.05, 4.69) is 17.4 Å². The van der Waals surface area contributed by atoms with Crippen molar-refractivity contribution < 1.29 is 14.7 Å². The van der Waals surface area contributed by atoms with E-state index in [0.29, 0.717) is 18.8 Å². The monoisotopic (exact) mass is 273 g/mol. The summed E-state index contributed by atoms with van der Waals surface area (Å²) in [5.41, 5.74) is 0.0968. The number of carbonyl (C=O) groups excluding carboxylic acids is 1. The van der Waals surface area contributed by atoms with E-state index >= 15 is 0 Å². The van der Waals surface area contributed by atoms with E-state index in [0.717, 1.165) is 19.3 Å². The standard InChI is InChI=1S/C16H19NO3/c18-14(16(9-10-16)15(19)20)17-13-8-4-7-12(13)11-5-2-1-3-6-11/h1-3,5-6,12-13H,4,7-10H2,(H,17,18)(H,19,20)/t12-,13+/m0/s1. The largest absolute Gasteiger partial charge is 0.480 e. The Balaban J connectivity index is 1.71. The van der Waals surface area contributed by atoms with Gasteiger partial charge in [-0.3, -0.25) is 9.59 Å². The summed E-state index contributed by atoms with van der Waals surface area (Å²) in [6.45, 7) is 0. The van der Waals surface area contributed by atoms with Gasteiger partial charge in [0.2, 0.25) is 5.91 Å². The normalized spacial score (nSPS) is 27.0. The molecule has 2 aliphatic rings. The number of hydrogen-bond donors (Lipinski definition) is 2. The van der Waals surface area contributed by atoms with Gasteiger partial charge in [0.1, 0.15) is 5.41 Å². The molecular formula is C16H19NO3. The van der Waals surface area contributed by atoms with E-state index in [1.807, 2.05) is 18.2 Å². The van der Waals surface area contributed by atoms with Crippen molar-refractivity contribution in [3.8, 4) is 0 Å².